The Morgan fingerprint density at radius 1 is 1.12 bits per heavy atom. The SMILES string of the molecule is CC(O)(CI)CCC(F)(P(=O)(O)O)P(=O)(O)O. The summed E-state index contributed by atoms with van der Waals surface area (Å²) in [4.78, 5) is 34.8. The van der Waals surface area contributed by atoms with Gasteiger partial charge in [0.2, 0.25) is 0 Å². The van der Waals surface area contributed by atoms with Crippen molar-refractivity contribution in [3.05, 3.63) is 0 Å². The van der Waals surface area contributed by atoms with Gasteiger partial charge in [-0.25, -0.2) is 4.39 Å². The molecule has 0 aliphatic rings. The maximum absolute atomic E-state index is 13.8. The molecule has 0 saturated heterocycles. The predicted molar refractivity (Wildman–Crippen MR) is 66.7 cm³/mol. The van der Waals surface area contributed by atoms with Crippen LogP contribution in [0.4, 0.5) is 4.39 Å². The third kappa shape index (κ3) is 4.50. The van der Waals surface area contributed by atoms with E-state index in [1.807, 2.05) is 0 Å². The lowest BCUT2D eigenvalue weighted by molar-refractivity contribution is 0.0659. The van der Waals surface area contributed by atoms with E-state index in [1.165, 1.54) is 6.92 Å². The molecule has 0 rings (SSSR count). The molecule has 0 aromatic rings. The van der Waals surface area contributed by atoms with Crippen LogP contribution in [0.25, 0.3) is 0 Å². The second-order valence-electron chi connectivity index (χ2n) is 3.94. The molecule has 1 atom stereocenters. The normalized spacial score (nSPS) is 17.9. The summed E-state index contributed by atoms with van der Waals surface area (Å²) in [6.07, 6.45) is -1.61. The van der Waals surface area contributed by atoms with Crippen molar-refractivity contribution in [3.63, 3.8) is 0 Å². The van der Waals surface area contributed by atoms with Gasteiger partial charge in [0.25, 0.3) is 0 Å². The largest absolute Gasteiger partial charge is 0.389 e. The van der Waals surface area contributed by atoms with E-state index in [0.717, 1.165) is 0 Å². The number of aliphatic hydroxyl groups is 1. The third-order valence-electron chi connectivity index (χ3n) is 2.16. The fourth-order valence-electron chi connectivity index (χ4n) is 0.956. The van der Waals surface area contributed by atoms with Crippen LogP contribution in [0.15, 0.2) is 0 Å². The van der Waals surface area contributed by atoms with Crippen molar-refractivity contribution >= 4 is 37.8 Å². The second-order valence-corrected chi connectivity index (χ2v) is 8.65. The maximum atomic E-state index is 13.8. The number of halogens is 2. The quantitative estimate of drug-likeness (QED) is 0.252. The highest BCUT2D eigenvalue weighted by molar-refractivity contribution is 14.1. The monoisotopic (exact) mass is 406 g/mol. The van der Waals surface area contributed by atoms with Crippen LogP contribution in [0, 0.1) is 0 Å². The third-order valence-corrected chi connectivity index (χ3v) is 7.60. The zero-order valence-corrected chi connectivity index (χ0v) is 12.8. The van der Waals surface area contributed by atoms with Gasteiger partial charge in [-0.15, -0.1) is 0 Å². The van der Waals surface area contributed by atoms with Crippen LogP contribution in [0.2, 0.25) is 0 Å². The fourth-order valence-corrected chi connectivity index (χ4v) is 3.50. The molecule has 0 aliphatic heterocycles. The Kier molecular flexibility index (Phi) is 5.80. The van der Waals surface area contributed by atoms with Crippen LogP contribution in [-0.2, 0) is 9.13 Å². The van der Waals surface area contributed by atoms with Crippen LogP contribution >= 0.6 is 37.8 Å². The van der Waals surface area contributed by atoms with Crippen molar-refractivity contribution in [3.8, 4) is 0 Å². The van der Waals surface area contributed by atoms with E-state index < -0.39 is 38.8 Å². The second kappa shape index (κ2) is 5.50. The Morgan fingerprint density at radius 3 is 1.71 bits per heavy atom. The summed E-state index contributed by atoms with van der Waals surface area (Å²) in [5.41, 5.74) is -1.46. The highest BCUT2D eigenvalue weighted by Crippen LogP contribution is 2.72. The average molecular weight is 406 g/mol. The van der Waals surface area contributed by atoms with Gasteiger partial charge < -0.3 is 24.7 Å². The van der Waals surface area contributed by atoms with E-state index in [9.17, 15) is 18.6 Å². The maximum Gasteiger partial charge on any atom is 0.375 e. The molecule has 0 radical (unpaired) electrons. The molecule has 0 aromatic carbocycles. The Bertz CT molecular complexity index is 339. The number of rotatable bonds is 6. The van der Waals surface area contributed by atoms with E-state index in [-0.39, 0.29) is 4.43 Å². The van der Waals surface area contributed by atoms with Crippen molar-refractivity contribution in [2.45, 2.75) is 30.5 Å². The topological polar surface area (TPSA) is 135 Å². The van der Waals surface area contributed by atoms with E-state index in [1.54, 1.807) is 22.6 Å². The fraction of sp³-hybridized carbons (Fsp3) is 1.00. The minimum absolute atomic E-state index is 0.128. The molecule has 0 bridgehead atoms. The number of alkyl halides is 2. The van der Waals surface area contributed by atoms with Gasteiger partial charge in [0.1, 0.15) is 0 Å². The molecule has 7 nitrogen and oxygen atoms in total. The molecule has 104 valence electrons. The van der Waals surface area contributed by atoms with Crippen LogP contribution in [0.3, 0.4) is 0 Å². The zero-order valence-electron chi connectivity index (χ0n) is 8.82. The van der Waals surface area contributed by atoms with Crippen molar-refractivity contribution in [2.75, 3.05) is 4.43 Å². The van der Waals surface area contributed by atoms with E-state index in [0.29, 0.717) is 0 Å². The van der Waals surface area contributed by atoms with Gasteiger partial charge in [-0.2, -0.15) is 0 Å². The molecule has 5 N–H and O–H groups in total. The standard InChI is InChI=1S/C6H14FIO7P2/c1-5(9,4-8)2-3-6(7,16(10,11)12)17(13,14)15/h9H,2-4H2,1H3,(H2,10,11,12)(H2,13,14,15). The van der Waals surface area contributed by atoms with Gasteiger partial charge in [0, 0.05) is 10.8 Å². The van der Waals surface area contributed by atoms with Crippen molar-refractivity contribution in [1.82, 2.24) is 0 Å². The van der Waals surface area contributed by atoms with Gasteiger partial charge in [0.15, 0.2) is 0 Å². The molecule has 0 saturated carbocycles. The Balaban J connectivity index is 5.16. The summed E-state index contributed by atoms with van der Waals surface area (Å²) < 4.78 is 35.7. The molecule has 0 aliphatic carbocycles. The van der Waals surface area contributed by atoms with Crippen LogP contribution in [0.5, 0.6) is 0 Å². The Labute approximate surface area is 111 Å². The minimum Gasteiger partial charge on any atom is -0.389 e. The molecule has 0 aromatic heterocycles. The lowest BCUT2D eigenvalue weighted by Gasteiger charge is -2.29. The number of hydrogen-bond donors (Lipinski definition) is 5. The average Bonchev–Trinajstić information content (AvgIpc) is 2.10. The first-order valence-electron chi connectivity index (χ1n) is 4.35. The summed E-state index contributed by atoms with van der Waals surface area (Å²) in [5.74, 6) is 0. The zero-order chi connectivity index (χ0) is 14.1. The lowest BCUT2D eigenvalue weighted by Crippen LogP contribution is -2.31. The van der Waals surface area contributed by atoms with Crippen molar-refractivity contribution in [1.29, 1.82) is 0 Å². The molecule has 0 amide bonds. The molecule has 0 fully saturated rings. The molecule has 0 heterocycles. The summed E-state index contributed by atoms with van der Waals surface area (Å²) in [7, 11) is -11.3. The summed E-state index contributed by atoms with van der Waals surface area (Å²) >= 11 is 1.76. The van der Waals surface area contributed by atoms with Crippen LogP contribution in [0.1, 0.15) is 19.8 Å². The van der Waals surface area contributed by atoms with Crippen molar-refractivity contribution in [2.24, 2.45) is 0 Å². The molecule has 0 spiro atoms. The van der Waals surface area contributed by atoms with Crippen LogP contribution in [-0.4, -0.2) is 39.9 Å². The smallest absolute Gasteiger partial charge is 0.375 e. The first-order valence-corrected chi connectivity index (χ1v) is 9.10. The highest BCUT2D eigenvalue weighted by atomic mass is 127. The summed E-state index contributed by atoms with van der Waals surface area (Å²) in [6, 6.07) is 0. The molecule has 1 unspecified atom stereocenters. The van der Waals surface area contributed by atoms with Gasteiger partial charge >= 0.3 is 20.3 Å². The first kappa shape index (κ1) is 17.9. The first-order chi connectivity index (χ1) is 7.27. The lowest BCUT2D eigenvalue weighted by atomic mass is 10.0. The van der Waals surface area contributed by atoms with Crippen molar-refractivity contribution < 1.29 is 38.2 Å². The van der Waals surface area contributed by atoms with Gasteiger partial charge in [-0.1, -0.05) is 22.6 Å². The molecular weight excluding hydrogens is 392 g/mol. The predicted octanol–water partition coefficient (Wildman–Crippen LogP) is 0.931. The summed E-state index contributed by atoms with van der Waals surface area (Å²) in [5, 5.41) is 5.59. The van der Waals surface area contributed by atoms with E-state index in [2.05, 4.69) is 0 Å². The van der Waals surface area contributed by atoms with Gasteiger partial charge in [-0.3, -0.25) is 9.13 Å². The van der Waals surface area contributed by atoms with Gasteiger partial charge in [-0.05, 0) is 13.3 Å². The van der Waals surface area contributed by atoms with E-state index >= 15 is 0 Å². The summed E-state index contributed by atoms with van der Waals surface area (Å²) in [6.45, 7) is 1.28. The Hall–Kier alpha value is 0.920. The highest BCUT2D eigenvalue weighted by Gasteiger charge is 2.61. The minimum atomic E-state index is -5.65. The molecule has 11 heteroatoms. The molecular formula is C6H14FIO7P2. The molecule has 17 heavy (non-hydrogen) atoms. The number of hydrogen-bond acceptors (Lipinski definition) is 3. The van der Waals surface area contributed by atoms with Crippen LogP contribution < -0.4 is 0 Å². The Morgan fingerprint density at radius 2 is 1.47 bits per heavy atom. The van der Waals surface area contributed by atoms with E-state index in [4.69, 9.17) is 19.6 Å². The van der Waals surface area contributed by atoms with Gasteiger partial charge in [0.05, 0.1) is 5.60 Å².